The van der Waals surface area contributed by atoms with Crippen LogP contribution in [-0.4, -0.2) is 24.9 Å². The molecule has 7 heavy (non-hydrogen) atoms. The molecule has 0 fully saturated rings. The summed E-state index contributed by atoms with van der Waals surface area (Å²) in [6, 6.07) is 0. The molecule has 0 aromatic carbocycles. The minimum Gasteiger partial charge on any atom is -0.373 e. The number of rotatable bonds is 2. The lowest BCUT2D eigenvalue weighted by molar-refractivity contribution is -0.237. The summed E-state index contributed by atoms with van der Waals surface area (Å²) in [5, 5.41) is 7.54. The summed E-state index contributed by atoms with van der Waals surface area (Å²) in [4.78, 5) is 13.0. The maximum absolute atomic E-state index is 9.81. The SMILES string of the molecule is COCC(=O)OO. The van der Waals surface area contributed by atoms with Gasteiger partial charge in [-0.2, -0.15) is 5.26 Å². The van der Waals surface area contributed by atoms with Crippen molar-refractivity contribution in [2.75, 3.05) is 13.7 Å². The predicted molar refractivity (Wildman–Crippen MR) is 20.6 cm³/mol. The Kier molecular flexibility index (Phi) is 3.26. The zero-order valence-corrected chi connectivity index (χ0v) is 3.88. The fraction of sp³-hybridized carbons (Fsp3) is 0.667. The average molecular weight is 106 g/mol. The molecule has 42 valence electrons. The van der Waals surface area contributed by atoms with Crippen molar-refractivity contribution < 1.29 is 19.7 Å². The van der Waals surface area contributed by atoms with Crippen molar-refractivity contribution in [3.05, 3.63) is 0 Å². The summed E-state index contributed by atoms with van der Waals surface area (Å²) in [5.41, 5.74) is 0. The van der Waals surface area contributed by atoms with Crippen LogP contribution < -0.4 is 0 Å². The summed E-state index contributed by atoms with van der Waals surface area (Å²) in [6.07, 6.45) is 0. The first-order valence-corrected chi connectivity index (χ1v) is 1.64. The highest BCUT2D eigenvalue weighted by molar-refractivity contribution is 5.69. The molecule has 4 heteroatoms. The maximum Gasteiger partial charge on any atom is 0.367 e. The van der Waals surface area contributed by atoms with E-state index in [-0.39, 0.29) is 6.61 Å². The van der Waals surface area contributed by atoms with Crippen LogP contribution in [0, 0.1) is 0 Å². The van der Waals surface area contributed by atoms with Crippen LogP contribution in [0.3, 0.4) is 0 Å². The van der Waals surface area contributed by atoms with Crippen molar-refractivity contribution >= 4 is 5.97 Å². The first-order valence-electron chi connectivity index (χ1n) is 1.64. The molecular formula is C3H6O4. The van der Waals surface area contributed by atoms with Crippen LogP contribution in [0.15, 0.2) is 0 Å². The van der Waals surface area contributed by atoms with Crippen LogP contribution in [-0.2, 0) is 14.4 Å². The predicted octanol–water partition coefficient (Wildman–Crippen LogP) is -0.351. The van der Waals surface area contributed by atoms with E-state index in [0.29, 0.717) is 0 Å². The second-order valence-corrected chi connectivity index (χ2v) is 0.896. The summed E-state index contributed by atoms with van der Waals surface area (Å²) in [7, 11) is 1.33. The van der Waals surface area contributed by atoms with Crippen molar-refractivity contribution in [1.82, 2.24) is 0 Å². The van der Waals surface area contributed by atoms with Gasteiger partial charge < -0.3 is 4.74 Å². The molecule has 4 nitrogen and oxygen atoms in total. The fourth-order valence-corrected chi connectivity index (χ4v) is 0.144. The van der Waals surface area contributed by atoms with Gasteiger partial charge in [0, 0.05) is 7.11 Å². The Morgan fingerprint density at radius 1 is 1.86 bits per heavy atom. The van der Waals surface area contributed by atoms with Crippen molar-refractivity contribution in [3.8, 4) is 0 Å². The molecule has 1 N–H and O–H groups in total. The van der Waals surface area contributed by atoms with Gasteiger partial charge in [-0.1, -0.05) is 0 Å². The topological polar surface area (TPSA) is 55.8 Å². The number of carbonyl (C=O) groups is 1. The lowest BCUT2D eigenvalue weighted by Crippen LogP contribution is -2.07. The molecule has 0 aliphatic rings. The molecule has 0 saturated heterocycles. The van der Waals surface area contributed by atoms with E-state index in [1.807, 2.05) is 0 Å². The Morgan fingerprint density at radius 2 is 2.43 bits per heavy atom. The Bertz CT molecular complexity index is 60.0. The van der Waals surface area contributed by atoms with Gasteiger partial charge in [0.15, 0.2) is 0 Å². The molecule has 0 saturated carbocycles. The molecule has 0 atom stereocenters. The third-order valence-electron chi connectivity index (χ3n) is 0.364. The Hall–Kier alpha value is -0.610. The van der Waals surface area contributed by atoms with E-state index in [1.165, 1.54) is 7.11 Å². The van der Waals surface area contributed by atoms with Crippen LogP contribution in [0.25, 0.3) is 0 Å². The van der Waals surface area contributed by atoms with E-state index in [2.05, 4.69) is 9.62 Å². The highest BCUT2D eigenvalue weighted by Crippen LogP contribution is 1.70. The van der Waals surface area contributed by atoms with Gasteiger partial charge in [-0.05, 0) is 0 Å². The third-order valence-corrected chi connectivity index (χ3v) is 0.364. The highest BCUT2D eigenvalue weighted by atomic mass is 17.1. The van der Waals surface area contributed by atoms with Crippen LogP contribution in [0.4, 0.5) is 0 Å². The number of carbonyl (C=O) groups excluding carboxylic acids is 1. The lowest BCUT2D eigenvalue weighted by Gasteiger charge is -1.89. The van der Waals surface area contributed by atoms with E-state index in [4.69, 9.17) is 5.26 Å². The van der Waals surface area contributed by atoms with Gasteiger partial charge in [0.2, 0.25) is 0 Å². The van der Waals surface area contributed by atoms with E-state index < -0.39 is 5.97 Å². The minimum absolute atomic E-state index is 0.212. The molecule has 0 aromatic rings. The first-order chi connectivity index (χ1) is 3.31. The van der Waals surface area contributed by atoms with Crippen LogP contribution >= 0.6 is 0 Å². The van der Waals surface area contributed by atoms with E-state index in [0.717, 1.165) is 0 Å². The molecule has 0 aliphatic heterocycles. The standard InChI is InChI=1S/C3H6O4/c1-6-2-3(4)7-5/h5H,2H2,1H3. The van der Waals surface area contributed by atoms with Gasteiger partial charge in [0.1, 0.15) is 6.61 Å². The third kappa shape index (κ3) is 3.21. The van der Waals surface area contributed by atoms with Crippen LogP contribution in [0.2, 0.25) is 0 Å². The molecule has 0 amide bonds. The Morgan fingerprint density at radius 3 is 2.57 bits per heavy atom. The van der Waals surface area contributed by atoms with E-state index in [9.17, 15) is 4.79 Å². The number of hydrogen-bond donors (Lipinski definition) is 1. The smallest absolute Gasteiger partial charge is 0.367 e. The second kappa shape index (κ2) is 3.58. The maximum atomic E-state index is 9.81. The zero-order chi connectivity index (χ0) is 5.70. The average Bonchev–Trinajstić information content (AvgIpc) is 1.68. The Balaban J connectivity index is 3.00. The Labute approximate surface area is 40.6 Å². The second-order valence-electron chi connectivity index (χ2n) is 0.896. The van der Waals surface area contributed by atoms with Crippen molar-refractivity contribution in [3.63, 3.8) is 0 Å². The lowest BCUT2D eigenvalue weighted by atomic mass is 10.8. The molecule has 0 aromatic heterocycles. The molecule has 0 radical (unpaired) electrons. The van der Waals surface area contributed by atoms with Crippen molar-refractivity contribution in [2.24, 2.45) is 0 Å². The molecule has 0 rings (SSSR count). The molecular weight excluding hydrogens is 100 g/mol. The molecule has 0 spiro atoms. The van der Waals surface area contributed by atoms with Gasteiger partial charge in [-0.25, -0.2) is 4.79 Å². The number of hydrogen-bond acceptors (Lipinski definition) is 4. The van der Waals surface area contributed by atoms with Crippen molar-refractivity contribution in [2.45, 2.75) is 0 Å². The normalized spacial score (nSPS) is 8.29. The number of methoxy groups -OCH3 is 1. The van der Waals surface area contributed by atoms with Gasteiger partial charge in [0.05, 0.1) is 0 Å². The quantitative estimate of drug-likeness (QED) is 0.386. The fourth-order valence-electron chi connectivity index (χ4n) is 0.144. The summed E-state index contributed by atoms with van der Waals surface area (Å²) in [6.45, 7) is -0.212. The molecule has 0 bridgehead atoms. The molecule has 0 aliphatic carbocycles. The molecule has 0 heterocycles. The van der Waals surface area contributed by atoms with Gasteiger partial charge in [-0.3, -0.25) is 4.89 Å². The monoisotopic (exact) mass is 106 g/mol. The van der Waals surface area contributed by atoms with Crippen molar-refractivity contribution in [1.29, 1.82) is 0 Å². The first kappa shape index (κ1) is 6.39. The summed E-state index contributed by atoms with van der Waals surface area (Å²) in [5.74, 6) is -0.789. The van der Waals surface area contributed by atoms with Crippen LogP contribution in [0.1, 0.15) is 0 Å². The van der Waals surface area contributed by atoms with Gasteiger partial charge in [0.25, 0.3) is 0 Å². The minimum atomic E-state index is -0.789. The highest BCUT2D eigenvalue weighted by Gasteiger charge is 1.96. The summed E-state index contributed by atoms with van der Waals surface area (Å²) < 4.78 is 4.26. The van der Waals surface area contributed by atoms with Crippen LogP contribution in [0.5, 0.6) is 0 Å². The van der Waals surface area contributed by atoms with Gasteiger partial charge in [-0.15, -0.1) is 0 Å². The zero-order valence-electron chi connectivity index (χ0n) is 3.88. The van der Waals surface area contributed by atoms with E-state index >= 15 is 0 Å². The number of ether oxygens (including phenoxy) is 1. The molecule has 0 unspecified atom stereocenters. The van der Waals surface area contributed by atoms with Gasteiger partial charge >= 0.3 is 5.97 Å². The van der Waals surface area contributed by atoms with E-state index in [1.54, 1.807) is 0 Å². The summed E-state index contributed by atoms with van der Waals surface area (Å²) >= 11 is 0. The largest absolute Gasteiger partial charge is 0.373 e.